The first-order valence-corrected chi connectivity index (χ1v) is 10.2. The van der Waals surface area contributed by atoms with Crippen LogP contribution in [0.4, 0.5) is 8.78 Å². The van der Waals surface area contributed by atoms with Gasteiger partial charge in [0.05, 0.1) is 7.11 Å². The van der Waals surface area contributed by atoms with Crippen molar-refractivity contribution >= 4 is 15.9 Å². The third-order valence-corrected chi connectivity index (χ3v) is 6.46. The number of nitrogens with zero attached hydrogens (tertiary/aromatic N) is 2. The minimum Gasteiger partial charge on any atom is -0.497 e. The monoisotopic (exact) mass is 426 g/mol. The van der Waals surface area contributed by atoms with E-state index < -0.39 is 26.6 Å². The largest absolute Gasteiger partial charge is 0.497 e. The van der Waals surface area contributed by atoms with Crippen LogP contribution in [-0.4, -0.2) is 63.4 Å². The molecule has 2 aromatic rings. The molecule has 10 heteroatoms. The Labute approximate surface area is 167 Å². The fourth-order valence-corrected chi connectivity index (χ4v) is 4.38. The minimum atomic E-state index is -4.11. The van der Waals surface area contributed by atoms with Crippen LogP contribution in [0.15, 0.2) is 47.4 Å². The Balaban J connectivity index is 1.55. The van der Waals surface area contributed by atoms with Crippen molar-refractivity contribution in [3.05, 3.63) is 54.1 Å². The summed E-state index contributed by atoms with van der Waals surface area (Å²) in [6.45, 7) is 0.117. The van der Waals surface area contributed by atoms with Crippen LogP contribution in [0.5, 0.6) is 11.5 Å². The van der Waals surface area contributed by atoms with E-state index in [9.17, 15) is 22.0 Å². The summed E-state index contributed by atoms with van der Waals surface area (Å²) in [5.41, 5.74) is 0. The van der Waals surface area contributed by atoms with Gasteiger partial charge in [-0.1, -0.05) is 0 Å². The molecule has 2 aromatic carbocycles. The first-order chi connectivity index (χ1) is 13.8. The van der Waals surface area contributed by atoms with Crippen LogP contribution in [0.3, 0.4) is 0 Å². The SMILES string of the molecule is COc1ccc(OCC(=O)N2CCN(S(=O)(=O)c3ccc(F)cc3F)CC2)cc1. The Morgan fingerprint density at radius 1 is 1.00 bits per heavy atom. The number of hydrogen-bond acceptors (Lipinski definition) is 5. The van der Waals surface area contributed by atoms with Gasteiger partial charge in [0.25, 0.3) is 5.91 Å². The van der Waals surface area contributed by atoms with Gasteiger partial charge in [-0.05, 0) is 36.4 Å². The van der Waals surface area contributed by atoms with Crippen LogP contribution >= 0.6 is 0 Å². The van der Waals surface area contributed by atoms with Gasteiger partial charge in [-0.15, -0.1) is 0 Å². The van der Waals surface area contributed by atoms with Crippen LogP contribution in [0.2, 0.25) is 0 Å². The molecule has 1 heterocycles. The topological polar surface area (TPSA) is 76.2 Å². The molecule has 1 fully saturated rings. The highest BCUT2D eigenvalue weighted by Gasteiger charge is 2.32. The summed E-state index contributed by atoms with van der Waals surface area (Å²) >= 11 is 0. The first-order valence-electron chi connectivity index (χ1n) is 8.81. The van der Waals surface area contributed by atoms with Crippen molar-refractivity contribution in [3.63, 3.8) is 0 Å². The molecular formula is C19H20F2N2O5S. The number of amides is 1. The van der Waals surface area contributed by atoms with E-state index in [1.807, 2.05) is 0 Å². The second kappa shape index (κ2) is 8.75. The maximum Gasteiger partial charge on any atom is 0.260 e. The normalized spacial score (nSPS) is 15.2. The van der Waals surface area contributed by atoms with E-state index in [0.29, 0.717) is 17.6 Å². The van der Waals surface area contributed by atoms with Gasteiger partial charge >= 0.3 is 0 Å². The number of carbonyl (C=O) groups is 1. The summed E-state index contributed by atoms with van der Waals surface area (Å²) in [6, 6.07) is 9.09. The van der Waals surface area contributed by atoms with E-state index in [4.69, 9.17) is 9.47 Å². The van der Waals surface area contributed by atoms with Crippen molar-refractivity contribution in [1.29, 1.82) is 0 Å². The second-order valence-corrected chi connectivity index (χ2v) is 8.23. The van der Waals surface area contributed by atoms with Crippen molar-refractivity contribution < 1.29 is 31.5 Å². The maximum absolute atomic E-state index is 13.9. The Morgan fingerprint density at radius 2 is 1.62 bits per heavy atom. The fourth-order valence-electron chi connectivity index (χ4n) is 2.91. The molecule has 1 saturated heterocycles. The number of sulfonamides is 1. The fraction of sp³-hybridized carbons (Fsp3) is 0.316. The molecule has 0 aliphatic carbocycles. The van der Waals surface area contributed by atoms with Crippen LogP contribution in [0.1, 0.15) is 0 Å². The van der Waals surface area contributed by atoms with Gasteiger partial charge in [0.1, 0.15) is 28.0 Å². The molecular weight excluding hydrogens is 406 g/mol. The van der Waals surface area contributed by atoms with Crippen LogP contribution in [0.25, 0.3) is 0 Å². The second-order valence-electron chi connectivity index (χ2n) is 6.32. The number of piperazine rings is 1. The summed E-state index contributed by atoms with van der Waals surface area (Å²) in [7, 11) is -2.56. The van der Waals surface area contributed by atoms with E-state index in [-0.39, 0.29) is 38.7 Å². The lowest BCUT2D eigenvalue weighted by atomic mass is 10.3. The van der Waals surface area contributed by atoms with E-state index in [2.05, 4.69) is 0 Å². The zero-order valence-electron chi connectivity index (χ0n) is 15.7. The minimum absolute atomic E-state index is 0.00737. The average Bonchev–Trinajstić information content (AvgIpc) is 2.72. The molecule has 1 aliphatic rings. The molecule has 0 atom stereocenters. The van der Waals surface area contributed by atoms with Crippen molar-refractivity contribution in [2.24, 2.45) is 0 Å². The Hall–Kier alpha value is -2.72. The molecule has 0 unspecified atom stereocenters. The predicted molar refractivity (Wildman–Crippen MR) is 100 cm³/mol. The first kappa shape index (κ1) is 21.0. The zero-order valence-corrected chi connectivity index (χ0v) is 16.5. The number of carbonyl (C=O) groups excluding carboxylic acids is 1. The van der Waals surface area contributed by atoms with Gasteiger partial charge in [-0.25, -0.2) is 17.2 Å². The Morgan fingerprint density at radius 3 is 2.21 bits per heavy atom. The molecule has 1 amide bonds. The quantitative estimate of drug-likeness (QED) is 0.705. The summed E-state index contributed by atoms with van der Waals surface area (Å²) in [6.07, 6.45) is 0. The van der Waals surface area contributed by atoms with Crippen molar-refractivity contribution in [1.82, 2.24) is 9.21 Å². The number of hydrogen-bond donors (Lipinski definition) is 0. The van der Waals surface area contributed by atoms with Crippen molar-refractivity contribution in [2.75, 3.05) is 39.9 Å². The van der Waals surface area contributed by atoms with Gasteiger partial charge in [-0.2, -0.15) is 4.31 Å². The molecule has 0 spiro atoms. The molecule has 0 aromatic heterocycles. The molecule has 29 heavy (non-hydrogen) atoms. The third kappa shape index (κ3) is 4.83. The van der Waals surface area contributed by atoms with E-state index in [1.54, 1.807) is 31.4 Å². The lowest BCUT2D eigenvalue weighted by Gasteiger charge is -2.34. The lowest BCUT2D eigenvalue weighted by molar-refractivity contribution is -0.134. The summed E-state index contributed by atoms with van der Waals surface area (Å²) in [5.74, 6) is -1.11. The molecule has 0 N–H and O–H groups in total. The van der Waals surface area contributed by atoms with E-state index in [1.165, 1.54) is 4.90 Å². The van der Waals surface area contributed by atoms with Crippen molar-refractivity contribution in [3.8, 4) is 11.5 Å². The Kier molecular flexibility index (Phi) is 6.33. The number of ether oxygens (including phenoxy) is 2. The molecule has 1 aliphatic heterocycles. The highest BCUT2D eigenvalue weighted by Crippen LogP contribution is 2.22. The van der Waals surface area contributed by atoms with Crippen LogP contribution < -0.4 is 9.47 Å². The van der Waals surface area contributed by atoms with E-state index in [0.717, 1.165) is 16.4 Å². The lowest BCUT2D eigenvalue weighted by Crippen LogP contribution is -2.51. The molecule has 0 saturated carbocycles. The van der Waals surface area contributed by atoms with Gasteiger partial charge in [0.15, 0.2) is 6.61 Å². The zero-order chi connectivity index (χ0) is 21.0. The van der Waals surface area contributed by atoms with Crippen molar-refractivity contribution in [2.45, 2.75) is 4.90 Å². The Bertz CT molecular complexity index is 975. The van der Waals surface area contributed by atoms with E-state index >= 15 is 0 Å². The molecule has 3 rings (SSSR count). The predicted octanol–water partition coefficient (Wildman–Crippen LogP) is 1.89. The third-order valence-electron chi connectivity index (χ3n) is 4.52. The number of halogens is 2. The summed E-state index contributed by atoms with van der Waals surface area (Å²) in [4.78, 5) is 13.2. The standard InChI is InChI=1S/C19H20F2N2O5S/c1-27-15-3-5-16(6-4-15)28-13-19(24)22-8-10-23(11-9-22)29(25,26)18-7-2-14(20)12-17(18)21/h2-7,12H,8-11,13H2,1H3. The molecule has 156 valence electrons. The number of methoxy groups -OCH3 is 1. The van der Waals surface area contributed by atoms with Crippen LogP contribution in [-0.2, 0) is 14.8 Å². The van der Waals surface area contributed by atoms with Gasteiger partial charge in [0.2, 0.25) is 10.0 Å². The van der Waals surface area contributed by atoms with Gasteiger partial charge in [-0.3, -0.25) is 4.79 Å². The molecule has 0 bridgehead atoms. The smallest absolute Gasteiger partial charge is 0.260 e. The van der Waals surface area contributed by atoms with Gasteiger partial charge < -0.3 is 14.4 Å². The number of benzene rings is 2. The maximum atomic E-state index is 13.9. The highest BCUT2D eigenvalue weighted by molar-refractivity contribution is 7.89. The van der Waals surface area contributed by atoms with Gasteiger partial charge in [0, 0.05) is 32.2 Å². The average molecular weight is 426 g/mol. The summed E-state index contributed by atoms with van der Waals surface area (Å²) < 4.78 is 63.7. The highest BCUT2D eigenvalue weighted by atomic mass is 32.2. The molecule has 0 radical (unpaired) electrons. The summed E-state index contributed by atoms with van der Waals surface area (Å²) in [5, 5.41) is 0. The number of rotatable bonds is 6. The molecule has 7 nitrogen and oxygen atoms in total. The van der Waals surface area contributed by atoms with Crippen LogP contribution in [0, 0.1) is 11.6 Å².